The summed E-state index contributed by atoms with van der Waals surface area (Å²) in [5.41, 5.74) is 0. The zero-order chi connectivity index (χ0) is 14.4. The quantitative estimate of drug-likeness (QED) is 0.559. The van der Waals surface area contributed by atoms with E-state index in [-0.39, 0.29) is 0 Å². The van der Waals surface area contributed by atoms with Crippen molar-refractivity contribution in [2.24, 2.45) is 47.3 Å². The van der Waals surface area contributed by atoms with Gasteiger partial charge in [0.2, 0.25) is 0 Å². The Hall–Kier alpha value is 0. The van der Waals surface area contributed by atoms with Crippen molar-refractivity contribution in [3.8, 4) is 0 Å². The van der Waals surface area contributed by atoms with Gasteiger partial charge in [-0.2, -0.15) is 0 Å². The molecule has 0 aromatic carbocycles. The summed E-state index contributed by atoms with van der Waals surface area (Å²) in [5, 5.41) is 0. The summed E-state index contributed by atoms with van der Waals surface area (Å²) in [6, 6.07) is 0. The van der Waals surface area contributed by atoms with Crippen LogP contribution in [0.25, 0.3) is 0 Å². The SMILES string of the molecule is CC1CC2C(C(C)C3CCCCC3)CCC3CCCC1C32. The lowest BCUT2D eigenvalue weighted by Gasteiger charge is -2.48. The third-order valence-electron chi connectivity index (χ3n) is 8.51. The lowest BCUT2D eigenvalue weighted by Crippen LogP contribution is -2.40. The van der Waals surface area contributed by atoms with Gasteiger partial charge >= 0.3 is 0 Å². The first kappa shape index (κ1) is 14.6. The standard InChI is InChI=1S/C21H36/c1-14-13-20-19(15(2)16-7-4-3-5-8-16)12-11-17-9-6-10-18(14)21(17)20/h14-21H,3-13H2,1-2H3. The van der Waals surface area contributed by atoms with Crippen LogP contribution in [0.4, 0.5) is 0 Å². The number of hydrogen-bond donors (Lipinski definition) is 0. The Morgan fingerprint density at radius 1 is 0.762 bits per heavy atom. The van der Waals surface area contributed by atoms with Crippen LogP contribution in [0, 0.1) is 47.3 Å². The van der Waals surface area contributed by atoms with Gasteiger partial charge < -0.3 is 0 Å². The Morgan fingerprint density at radius 2 is 1.57 bits per heavy atom. The number of rotatable bonds is 2. The zero-order valence-corrected chi connectivity index (χ0v) is 14.4. The van der Waals surface area contributed by atoms with Gasteiger partial charge in [-0.15, -0.1) is 0 Å². The van der Waals surface area contributed by atoms with E-state index in [1.807, 2.05) is 0 Å². The highest BCUT2D eigenvalue weighted by molar-refractivity contribution is 5.01. The van der Waals surface area contributed by atoms with Gasteiger partial charge in [-0.3, -0.25) is 0 Å². The molecular formula is C21H36. The topological polar surface area (TPSA) is 0 Å². The molecule has 4 fully saturated rings. The van der Waals surface area contributed by atoms with Crippen LogP contribution in [0.3, 0.4) is 0 Å². The summed E-state index contributed by atoms with van der Waals surface area (Å²) in [5.74, 6) is 8.78. The second kappa shape index (κ2) is 5.89. The molecule has 4 rings (SSSR count). The number of hydrogen-bond acceptors (Lipinski definition) is 0. The lowest BCUT2D eigenvalue weighted by atomic mass is 9.57. The lowest BCUT2D eigenvalue weighted by molar-refractivity contribution is 0.0114. The van der Waals surface area contributed by atoms with Crippen molar-refractivity contribution >= 4 is 0 Å². The molecule has 21 heavy (non-hydrogen) atoms. The maximum Gasteiger partial charge on any atom is -0.0324 e. The summed E-state index contributed by atoms with van der Waals surface area (Å²) in [7, 11) is 0. The molecule has 0 bridgehead atoms. The van der Waals surface area contributed by atoms with Gasteiger partial charge in [-0.25, -0.2) is 0 Å². The second-order valence-electron chi connectivity index (χ2n) is 9.31. The van der Waals surface area contributed by atoms with Crippen LogP contribution >= 0.6 is 0 Å². The van der Waals surface area contributed by atoms with E-state index in [0.717, 1.165) is 47.3 Å². The molecule has 0 amide bonds. The van der Waals surface area contributed by atoms with Crippen molar-refractivity contribution in [1.29, 1.82) is 0 Å². The van der Waals surface area contributed by atoms with Crippen LogP contribution in [0.1, 0.15) is 84.5 Å². The molecule has 7 unspecified atom stereocenters. The predicted molar refractivity (Wildman–Crippen MR) is 90.1 cm³/mol. The van der Waals surface area contributed by atoms with E-state index >= 15 is 0 Å². The van der Waals surface area contributed by atoms with Gasteiger partial charge in [0.25, 0.3) is 0 Å². The summed E-state index contributed by atoms with van der Waals surface area (Å²) >= 11 is 0. The van der Waals surface area contributed by atoms with Crippen molar-refractivity contribution in [2.75, 3.05) is 0 Å². The molecule has 120 valence electrons. The molecule has 0 aromatic rings. The molecular weight excluding hydrogens is 252 g/mol. The van der Waals surface area contributed by atoms with E-state index in [4.69, 9.17) is 0 Å². The Kier molecular flexibility index (Phi) is 4.09. The van der Waals surface area contributed by atoms with Crippen LogP contribution < -0.4 is 0 Å². The van der Waals surface area contributed by atoms with E-state index in [9.17, 15) is 0 Å². The minimum Gasteiger partial charge on any atom is -0.0622 e. The molecule has 0 heterocycles. The van der Waals surface area contributed by atoms with Crippen LogP contribution in [-0.2, 0) is 0 Å². The second-order valence-corrected chi connectivity index (χ2v) is 9.31. The molecule has 4 aliphatic rings. The van der Waals surface area contributed by atoms with E-state index in [0.29, 0.717) is 0 Å². The van der Waals surface area contributed by atoms with Crippen molar-refractivity contribution < 1.29 is 0 Å². The minimum atomic E-state index is 1.03. The minimum absolute atomic E-state index is 1.03. The maximum atomic E-state index is 2.65. The van der Waals surface area contributed by atoms with Gasteiger partial charge in [-0.1, -0.05) is 58.8 Å². The highest BCUT2D eigenvalue weighted by Crippen LogP contribution is 2.60. The highest BCUT2D eigenvalue weighted by atomic mass is 14.6. The van der Waals surface area contributed by atoms with Crippen molar-refractivity contribution in [1.82, 2.24) is 0 Å². The Labute approximate surface area is 132 Å². The van der Waals surface area contributed by atoms with Crippen molar-refractivity contribution in [2.45, 2.75) is 84.5 Å². The first-order chi connectivity index (χ1) is 10.3. The van der Waals surface area contributed by atoms with E-state index < -0.39 is 0 Å². The molecule has 7 atom stereocenters. The normalized spacial score (nSPS) is 48.9. The molecule has 0 aromatic heterocycles. The van der Waals surface area contributed by atoms with Crippen LogP contribution in [0.2, 0.25) is 0 Å². The summed E-state index contributed by atoms with van der Waals surface area (Å²) in [4.78, 5) is 0. The summed E-state index contributed by atoms with van der Waals surface area (Å²) in [6.07, 6.45) is 17.1. The monoisotopic (exact) mass is 288 g/mol. The molecule has 0 aliphatic heterocycles. The van der Waals surface area contributed by atoms with Crippen LogP contribution in [-0.4, -0.2) is 0 Å². The molecule has 0 radical (unpaired) electrons. The predicted octanol–water partition coefficient (Wildman–Crippen LogP) is 6.30. The highest BCUT2D eigenvalue weighted by Gasteiger charge is 2.52. The van der Waals surface area contributed by atoms with E-state index in [1.165, 1.54) is 19.3 Å². The maximum absolute atomic E-state index is 2.65. The third kappa shape index (κ3) is 2.49. The van der Waals surface area contributed by atoms with Crippen LogP contribution in [0.15, 0.2) is 0 Å². The fourth-order valence-corrected chi connectivity index (χ4v) is 7.52. The van der Waals surface area contributed by atoms with Gasteiger partial charge in [0.15, 0.2) is 0 Å². The smallest absolute Gasteiger partial charge is 0.0324 e. The Bertz CT molecular complexity index is 353. The summed E-state index contributed by atoms with van der Waals surface area (Å²) in [6.45, 7) is 5.25. The molecule has 0 nitrogen and oxygen atoms in total. The fraction of sp³-hybridized carbons (Fsp3) is 1.00. The van der Waals surface area contributed by atoms with Gasteiger partial charge in [0.05, 0.1) is 0 Å². The van der Waals surface area contributed by atoms with Gasteiger partial charge in [0.1, 0.15) is 0 Å². The molecule has 4 aliphatic carbocycles. The first-order valence-electron chi connectivity index (χ1n) is 10.3. The van der Waals surface area contributed by atoms with Gasteiger partial charge in [-0.05, 0) is 73.0 Å². The average molecular weight is 289 g/mol. The fourth-order valence-electron chi connectivity index (χ4n) is 7.52. The largest absolute Gasteiger partial charge is 0.0622 e. The Morgan fingerprint density at radius 3 is 2.38 bits per heavy atom. The average Bonchev–Trinajstić information content (AvgIpc) is 2.87. The molecule has 0 N–H and O–H groups in total. The van der Waals surface area contributed by atoms with Gasteiger partial charge in [0, 0.05) is 0 Å². The Balaban J connectivity index is 1.51. The molecule has 0 saturated heterocycles. The third-order valence-corrected chi connectivity index (χ3v) is 8.51. The molecule has 4 saturated carbocycles. The van der Waals surface area contributed by atoms with E-state index in [1.54, 1.807) is 51.4 Å². The molecule has 0 spiro atoms. The summed E-state index contributed by atoms with van der Waals surface area (Å²) < 4.78 is 0. The first-order valence-corrected chi connectivity index (χ1v) is 10.3. The van der Waals surface area contributed by atoms with Crippen molar-refractivity contribution in [3.05, 3.63) is 0 Å². The van der Waals surface area contributed by atoms with Crippen LogP contribution in [0.5, 0.6) is 0 Å². The zero-order valence-electron chi connectivity index (χ0n) is 14.4. The molecule has 0 heteroatoms. The van der Waals surface area contributed by atoms with E-state index in [2.05, 4.69) is 13.8 Å². The van der Waals surface area contributed by atoms with Crippen molar-refractivity contribution in [3.63, 3.8) is 0 Å².